The van der Waals surface area contributed by atoms with Crippen molar-refractivity contribution in [3.63, 3.8) is 0 Å². The van der Waals surface area contributed by atoms with Gasteiger partial charge in [-0.2, -0.15) is 0 Å². The van der Waals surface area contributed by atoms with Crippen LogP contribution in [-0.4, -0.2) is 29.0 Å². The fraction of sp³-hybridized carbons (Fsp3) is 0.571. The molecule has 0 bridgehead atoms. The average molecular weight is 456 g/mol. The van der Waals surface area contributed by atoms with Crippen LogP contribution >= 0.6 is 0 Å². The highest BCUT2D eigenvalue weighted by Gasteiger charge is 2.23. The molecule has 1 aliphatic rings. The number of hydrogen-bond donors (Lipinski definition) is 3. The summed E-state index contributed by atoms with van der Waals surface area (Å²) in [4.78, 5) is 22.3. The van der Waals surface area contributed by atoms with Crippen molar-refractivity contribution >= 4 is 12.3 Å². The van der Waals surface area contributed by atoms with Crippen molar-refractivity contribution in [2.75, 3.05) is 6.54 Å². The summed E-state index contributed by atoms with van der Waals surface area (Å²) in [6.45, 7) is 0.685. The molecule has 1 aliphatic carbocycles. The molecule has 0 fully saturated rings. The minimum absolute atomic E-state index is 0.130. The number of allylic oxidation sites excluding steroid dienone is 3. The quantitative estimate of drug-likeness (QED) is 0.156. The van der Waals surface area contributed by atoms with Gasteiger partial charge in [0.05, 0.1) is 0 Å². The Balaban J connectivity index is 1.77. The molecule has 0 aliphatic heterocycles. The minimum Gasteiger partial charge on any atom is -0.508 e. The summed E-state index contributed by atoms with van der Waals surface area (Å²) in [6.07, 6.45) is 18.6. The van der Waals surface area contributed by atoms with Gasteiger partial charge in [0.25, 0.3) is 0 Å². The third kappa shape index (κ3) is 10.8. The standard InChI is InChI=1S/C28H41NO4/c29-18-17-24-11-14-25(20-24)26(21-30)9-5-1-3-7-22(8-4-2-6-10-28(32)33)19-23-12-15-27(31)16-13-23/h2,4,12-13,15-16,20-22,25-26,31H,1,3,5-11,14,17-19,29H2,(H,32,33). The van der Waals surface area contributed by atoms with Gasteiger partial charge in [0.15, 0.2) is 0 Å². The number of unbranched alkanes of at least 4 members (excludes halogenated alkanes) is 2. The zero-order chi connectivity index (χ0) is 23.9. The lowest BCUT2D eigenvalue weighted by Crippen LogP contribution is -2.12. The van der Waals surface area contributed by atoms with Gasteiger partial charge in [-0.15, -0.1) is 0 Å². The maximum Gasteiger partial charge on any atom is 0.303 e. The molecular weight excluding hydrogens is 414 g/mol. The topological polar surface area (TPSA) is 101 Å². The average Bonchev–Trinajstić information content (AvgIpc) is 3.25. The number of aldehydes is 1. The summed E-state index contributed by atoms with van der Waals surface area (Å²) >= 11 is 0. The van der Waals surface area contributed by atoms with E-state index in [4.69, 9.17) is 10.8 Å². The molecule has 1 aromatic rings. The smallest absolute Gasteiger partial charge is 0.303 e. The minimum atomic E-state index is -0.766. The van der Waals surface area contributed by atoms with Gasteiger partial charge in [-0.25, -0.2) is 0 Å². The van der Waals surface area contributed by atoms with E-state index < -0.39 is 5.97 Å². The Hall–Kier alpha value is -2.40. The normalized spacial score (nSPS) is 17.7. The Morgan fingerprint density at radius 2 is 1.88 bits per heavy atom. The number of phenolic OH excluding ortho intramolecular Hbond substituents is 1. The number of aliphatic carboxylic acids is 1. The maximum absolute atomic E-state index is 11.7. The van der Waals surface area contributed by atoms with E-state index in [-0.39, 0.29) is 18.1 Å². The summed E-state index contributed by atoms with van der Waals surface area (Å²) in [7, 11) is 0. The molecule has 1 aromatic carbocycles. The Labute approximate surface area is 198 Å². The van der Waals surface area contributed by atoms with Crippen LogP contribution < -0.4 is 5.73 Å². The molecule has 0 spiro atoms. The van der Waals surface area contributed by atoms with Crippen molar-refractivity contribution in [2.45, 2.75) is 77.0 Å². The lowest BCUT2D eigenvalue weighted by molar-refractivity contribution is -0.136. The van der Waals surface area contributed by atoms with Crippen molar-refractivity contribution in [1.82, 2.24) is 0 Å². The molecule has 4 N–H and O–H groups in total. The van der Waals surface area contributed by atoms with Gasteiger partial charge in [0.1, 0.15) is 12.0 Å². The van der Waals surface area contributed by atoms with Crippen LogP contribution in [0.1, 0.15) is 76.2 Å². The molecule has 0 amide bonds. The first kappa shape index (κ1) is 26.8. The number of benzene rings is 1. The summed E-state index contributed by atoms with van der Waals surface area (Å²) in [5.74, 6) is 0.514. The Kier molecular flexibility index (Phi) is 12.6. The highest BCUT2D eigenvalue weighted by molar-refractivity contribution is 5.66. The van der Waals surface area contributed by atoms with Gasteiger partial charge in [0, 0.05) is 12.3 Å². The third-order valence-electron chi connectivity index (χ3n) is 6.71. The molecule has 0 saturated carbocycles. The number of carboxylic acid groups (broad SMARTS) is 1. The number of carboxylic acids is 1. The molecule has 5 heteroatoms. The number of phenols is 1. The summed E-state index contributed by atoms with van der Waals surface area (Å²) in [5.41, 5.74) is 8.29. The Morgan fingerprint density at radius 3 is 2.58 bits per heavy atom. The number of hydrogen-bond acceptors (Lipinski definition) is 4. The SMILES string of the molecule is NCCC1=CC(C(C=O)CCCCCC(CC=CCCC(=O)O)Cc2ccc(O)cc2)CC1. The predicted octanol–water partition coefficient (Wildman–Crippen LogP) is 5.81. The monoisotopic (exact) mass is 455 g/mol. The zero-order valence-corrected chi connectivity index (χ0v) is 19.8. The summed E-state index contributed by atoms with van der Waals surface area (Å²) in [5, 5.41) is 18.3. The largest absolute Gasteiger partial charge is 0.508 e. The van der Waals surface area contributed by atoms with Crippen LogP contribution in [0.15, 0.2) is 48.1 Å². The van der Waals surface area contributed by atoms with Crippen LogP contribution in [0.4, 0.5) is 0 Å². The predicted molar refractivity (Wildman–Crippen MR) is 133 cm³/mol. The van der Waals surface area contributed by atoms with Crippen molar-refractivity contribution in [3.8, 4) is 5.75 Å². The summed E-state index contributed by atoms with van der Waals surface area (Å²) < 4.78 is 0. The van der Waals surface area contributed by atoms with Gasteiger partial charge < -0.3 is 20.7 Å². The lowest BCUT2D eigenvalue weighted by Gasteiger charge is -2.17. The van der Waals surface area contributed by atoms with E-state index in [0.717, 1.165) is 70.5 Å². The van der Waals surface area contributed by atoms with Crippen molar-refractivity contribution in [3.05, 3.63) is 53.6 Å². The van der Waals surface area contributed by atoms with Crippen LogP contribution in [-0.2, 0) is 16.0 Å². The lowest BCUT2D eigenvalue weighted by atomic mass is 9.87. The number of carbonyl (C=O) groups is 2. The highest BCUT2D eigenvalue weighted by atomic mass is 16.4. The van der Waals surface area contributed by atoms with E-state index >= 15 is 0 Å². The second kappa shape index (κ2) is 15.4. The molecule has 33 heavy (non-hydrogen) atoms. The van der Waals surface area contributed by atoms with Crippen LogP contribution in [0, 0.1) is 17.8 Å². The van der Waals surface area contributed by atoms with Gasteiger partial charge in [-0.05, 0) is 87.4 Å². The van der Waals surface area contributed by atoms with Gasteiger partial charge in [-0.1, -0.05) is 55.2 Å². The Bertz CT molecular complexity index is 769. The maximum atomic E-state index is 11.7. The molecule has 182 valence electrons. The molecule has 3 unspecified atom stereocenters. The second-order valence-corrected chi connectivity index (χ2v) is 9.38. The molecule has 0 aromatic heterocycles. The van der Waals surface area contributed by atoms with Crippen molar-refractivity contribution in [2.24, 2.45) is 23.5 Å². The van der Waals surface area contributed by atoms with Gasteiger partial charge >= 0.3 is 5.97 Å². The highest BCUT2D eigenvalue weighted by Crippen LogP contribution is 2.33. The van der Waals surface area contributed by atoms with Crippen LogP contribution in [0.25, 0.3) is 0 Å². The molecule has 5 nitrogen and oxygen atoms in total. The summed E-state index contributed by atoms with van der Waals surface area (Å²) in [6, 6.07) is 7.40. The molecule has 0 saturated heterocycles. The molecule has 0 radical (unpaired) electrons. The van der Waals surface area contributed by atoms with E-state index in [1.807, 2.05) is 18.2 Å². The fourth-order valence-electron chi connectivity index (χ4n) is 4.81. The van der Waals surface area contributed by atoms with Crippen LogP contribution in [0.5, 0.6) is 5.75 Å². The van der Waals surface area contributed by atoms with E-state index in [0.29, 0.717) is 24.8 Å². The molecular formula is C28H41NO4. The zero-order valence-electron chi connectivity index (χ0n) is 19.8. The van der Waals surface area contributed by atoms with Gasteiger partial charge in [-0.3, -0.25) is 4.79 Å². The van der Waals surface area contributed by atoms with Crippen LogP contribution in [0.2, 0.25) is 0 Å². The van der Waals surface area contributed by atoms with E-state index in [2.05, 4.69) is 12.2 Å². The molecule has 0 heterocycles. The van der Waals surface area contributed by atoms with Crippen molar-refractivity contribution < 1.29 is 19.8 Å². The first-order valence-corrected chi connectivity index (χ1v) is 12.5. The first-order chi connectivity index (χ1) is 16.0. The fourth-order valence-corrected chi connectivity index (χ4v) is 4.81. The number of rotatable bonds is 17. The molecule has 2 rings (SSSR count). The number of carbonyl (C=O) groups excluding carboxylic acids is 1. The Morgan fingerprint density at radius 1 is 1.12 bits per heavy atom. The van der Waals surface area contributed by atoms with Crippen LogP contribution in [0.3, 0.4) is 0 Å². The van der Waals surface area contributed by atoms with E-state index in [1.165, 1.54) is 11.1 Å². The first-order valence-electron chi connectivity index (χ1n) is 12.5. The van der Waals surface area contributed by atoms with E-state index in [1.54, 1.807) is 12.1 Å². The number of nitrogens with two attached hydrogens (primary N) is 1. The van der Waals surface area contributed by atoms with Crippen molar-refractivity contribution in [1.29, 1.82) is 0 Å². The van der Waals surface area contributed by atoms with E-state index in [9.17, 15) is 14.7 Å². The van der Waals surface area contributed by atoms with Gasteiger partial charge in [0.2, 0.25) is 0 Å². The third-order valence-corrected chi connectivity index (χ3v) is 6.71. The molecule has 3 atom stereocenters. The number of aromatic hydroxyl groups is 1. The second-order valence-electron chi connectivity index (χ2n) is 9.38.